The van der Waals surface area contributed by atoms with Crippen LogP contribution < -0.4 is 4.74 Å². The van der Waals surface area contributed by atoms with Crippen LogP contribution in [0.1, 0.15) is 48.9 Å². The third-order valence-electron chi connectivity index (χ3n) is 5.66. The summed E-state index contributed by atoms with van der Waals surface area (Å²) in [6.07, 6.45) is 6.10. The van der Waals surface area contributed by atoms with Gasteiger partial charge in [0.1, 0.15) is 5.75 Å². The van der Waals surface area contributed by atoms with Gasteiger partial charge < -0.3 is 14.5 Å². The van der Waals surface area contributed by atoms with E-state index in [2.05, 4.69) is 0 Å². The number of fused-ring (bicyclic) bond motifs is 1. The first-order valence-electron chi connectivity index (χ1n) is 10.0. The quantitative estimate of drug-likeness (QED) is 0.745. The summed E-state index contributed by atoms with van der Waals surface area (Å²) in [5, 5.41) is 0. The topological polar surface area (TPSA) is 49.9 Å². The van der Waals surface area contributed by atoms with Crippen LogP contribution in [0.5, 0.6) is 5.75 Å². The predicted molar refractivity (Wildman–Crippen MR) is 112 cm³/mol. The highest BCUT2D eigenvalue weighted by Gasteiger charge is 2.36. The van der Waals surface area contributed by atoms with Crippen LogP contribution in [0.25, 0.3) is 6.08 Å². The Bertz CT molecular complexity index is 931. The lowest BCUT2D eigenvalue weighted by Gasteiger charge is -2.34. The molecule has 0 unspecified atom stereocenters. The molecule has 0 N–H and O–H groups in total. The van der Waals surface area contributed by atoms with Gasteiger partial charge in [0.25, 0.3) is 0 Å². The Labute approximate surface area is 171 Å². The number of carbonyl (C=O) groups excluding carboxylic acids is 2. The van der Waals surface area contributed by atoms with Gasteiger partial charge in [-0.15, -0.1) is 0 Å². The van der Waals surface area contributed by atoms with Crippen molar-refractivity contribution in [3.05, 3.63) is 71.4 Å². The highest BCUT2D eigenvalue weighted by Crippen LogP contribution is 2.35. The van der Waals surface area contributed by atoms with Gasteiger partial charge in [-0.05, 0) is 47.7 Å². The molecule has 2 aliphatic rings. The van der Waals surface area contributed by atoms with Crippen molar-refractivity contribution in [1.29, 1.82) is 0 Å². The third kappa shape index (κ3) is 4.19. The number of hydrogen-bond donors (Lipinski definition) is 0. The van der Waals surface area contributed by atoms with Crippen molar-refractivity contribution >= 4 is 17.9 Å². The number of ether oxygens (including phenoxy) is 1. The molecular formula is C24H26N2O3. The highest BCUT2D eigenvalue weighted by molar-refractivity contribution is 5.82. The number of carbonyl (C=O) groups is 2. The second-order valence-corrected chi connectivity index (χ2v) is 7.69. The largest absolute Gasteiger partial charge is 0.497 e. The monoisotopic (exact) mass is 390 g/mol. The highest BCUT2D eigenvalue weighted by atomic mass is 16.5. The average Bonchev–Trinajstić information content (AvgIpc) is 3.57. The lowest BCUT2D eigenvalue weighted by atomic mass is 9.93. The van der Waals surface area contributed by atoms with E-state index >= 15 is 0 Å². The number of methoxy groups -OCH3 is 1. The van der Waals surface area contributed by atoms with Crippen molar-refractivity contribution in [3.8, 4) is 5.75 Å². The Morgan fingerprint density at radius 1 is 1.10 bits per heavy atom. The maximum absolute atomic E-state index is 13.3. The van der Waals surface area contributed by atoms with E-state index in [1.54, 1.807) is 25.1 Å². The molecule has 5 nitrogen and oxygen atoms in total. The standard InChI is InChI=1S/C24H26N2O3/c1-17(27)25-14-13-19-5-3-4-6-22(19)23(25)15-24(28)26(20-9-10-20)16-18-7-11-21(29-2)12-8-18/h3-8,11-14,20,23H,9-10,15-16H2,1-2H3/t23-/m1/s1. The first kappa shape index (κ1) is 19.2. The van der Waals surface area contributed by atoms with E-state index in [-0.39, 0.29) is 24.3 Å². The average molecular weight is 390 g/mol. The molecule has 0 saturated heterocycles. The molecule has 2 aromatic rings. The molecule has 1 atom stereocenters. The Hall–Kier alpha value is -3.08. The minimum Gasteiger partial charge on any atom is -0.497 e. The van der Waals surface area contributed by atoms with Crippen LogP contribution in [0.2, 0.25) is 0 Å². The molecule has 2 amide bonds. The second-order valence-electron chi connectivity index (χ2n) is 7.69. The van der Waals surface area contributed by atoms with Crippen molar-refractivity contribution in [2.24, 2.45) is 0 Å². The zero-order valence-electron chi connectivity index (χ0n) is 16.9. The van der Waals surface area contributed by atoms with E-state index in [9.17, 15) is 9.59 Å². The van der Waals surface area contributed by atoms with E-state index in [1.165, 1.54) is 0 Å². The summed E-state index contributed by atoms with van der Waals surface area (Å²) in [6.45, 7) is 2.13. The van der Waals surface area contributed by atoms with E-state index < -0.39 is 0 Å². The Morgan fingerprint density at radius 2 is 1.83 bits per heavy atom. The summed E-state index contributed by atoms with van der Waals surface area (Å²) in [4.78, 5) is 29.2. The molecule has 0 spiro atoms. The first-order valence-corrected chi connectivity index (χ1v) is 10.0. The summed E-state index contributed by atoms with van der Waals surface area (Å²) in [5.74, 6) is 0.840. The number of rotatable bonds is 6. The molecule has 1 aliphatic carbocycles. The molecule has 4 rings (SSSR count). The van der Waals surface area contributed by atoms with Gasteiger partial charge in [-0.25, -0.2) is 0 Å². The van der Waals surface area contributed by atoms with Gasteiger partial charge in [0, 0.05) is 25.7 Å². The fraction of sp³-hybridized carbons (Fsp3) is 0.333. The molecule has 29 heavy (non-hydrogen) atoms. The summed E-state index contributed by atoms with van der Waals surface area (Å²) in [5.41, 5.74) is 3.17. The van der Waals surface area contributed by atoms with Crippen LogP contribution in [-0.2, 0) is 16.1 Å². The normalized spacial score (nSPS) is 17.6. The van der Waals surface area contributed by atoms with Gasteiger partial charge in [-0.1, -0.05) is 36.4 Å². The lowest BCUT2D eigenvalue weighted by Crippen LogP contribution is -2.38. The molecule has 1 fully saturated rings. The van der Waals surface area contributed by atoms with Crippen LogP contribution in [0.4, 0.5) is 0 Å². The second kappa shape index (κ2) is 8.11. The van der Waals surface area contributed by atoms with Crippen LogP contribution >= 0.6 is 0 Å². The van der Waals surface area contributed by atoms with Gasteiger partial charge in [0.05, 0.1) is 19.6 Å². The fourth-order valence-electron chi connectivity index (χ4n) is 3.93. The van der Waals surface area contributed by atoms with E-state index in [1.807, 2.05) is 59.5 Å². The molecule has 1 aliphatic heterocycles. The van der Waals surface area contributed by atoms with E-state index in [0.717, 1.165) is 35.3 Å². The molecule has 2 aromatic carbocycles. The SMILES string of the molecule is COc1ccc(CN(C(=O)C[C@@H]2c3ccccc3C=CN2C(C)=O)C2CC2)cc1. The van der Waals surface area contributed by atoms with Crippen molar-refractivity contribution in [2.45, 2.75) is 44.8 Å². The molecule has 1 heterocycles. The molecule has 0 aromatic heterocycles. The molecule has 5 heteroatoms. The van der Waals surface area contributed by atoms with Gasteiger partial charge in [0.15, 0.2) is 0 Å². The molecular weight excluding hydrogens is 364 g/mol. The molecule has 0 bridgehead atoms. The smallest absolute Gasteiger partial charge is 0.225 e. The zero-order valence-corrected chi connectivity index (χ0v) is 16.9. The van der Waals surface area contributed by atoms with E-state index in [4.69, 9.17) is 4.74 Å². The summed E-state index contributed by atoms with van der Waals surface area (Å²) < 4.78 is 5.22. The minimum absolute atomic E-state index is 0.0540. The van der Waals surface area contributed by atoms with Gasteiger partial charge in [-0.3, -0.25) is 9.59 Å². The molecule has 0 radical (unpaired) electrons. The van der Waals surface area contributed by atoms with Gasteiger partial charge in [0.2, 0.25) is 11.8 Å². The summed E-state index contributed by atoms with van der Waals surface area (Å²) >= 11 is 0. The fourth-order valence-corrected chi connectivity index (χ4v) is 3.93. The number of hydrogen-bond acceptors (Lipinski definition) is 3. The zero-order chi connectivity index (χ0) is 20.4. The Kier molecular flexibility index (Phi) is 5.38. The lowest BCUT2D eigenvalue weighted by molar-refractivity contribution is -0.135. The van der Waals surface area contributed by atoms with Crippen molar-refractivity contribution in [2.75, 3.05) is 7.11 Å². The molecule has 150 valence electrons. The van der Waals surface area contributed by atoms with Crippen LogP contribution in [0.15, 0.2) is 54.7 Å². The molecule has 1 saturated carbocycles. The third-order valence-corrected chi connectivity index (χ3v) is 5.66. The Morgan fingerprint density at radius 3 is 2.48 bits per heavy atom. The minimum atomic E-state index is -0.265. The maximum Gasteiger partial charge on any atom is 0.225 e. The predicted octanol–water partition coefficient (Wildman–Crippen LogP) is 4.15. The van der Waals surface area contributed by atoms with Crippen LogP contribution in [0, 0.1) is 0 Å². The summed E-state index contributed by atoms with van der Waals surface area (Å²) in [7, 11) is 1.65. The van der Waals surface area contributed by atoms with Crippen molar-refractivity contribution in [1.82, 2.24) is 9.80 Å². The van der Waals surface area contributed by atoms with Crippen LogP contribution in [-0.4, -0.2) is 34.8 Å². The number of amides is 2. The maximum atomic E-state index is 13.3. The Balaban J connectivity index is 1.54. The number of benzene rings is 2. The summed E-state index contributed by atoms with van der Waals surface area (Å²) in [6, 6.07) is 15.9. The van der Waals surface area contributed by atoms with Crippen molar-refractivity contribution < 1.29 is 14.3 Å². The number of nitrogens with zero attached hydrogens (tertiary/aromatic N) is 2. The van der Waals surface area contributed by atoms with E-state index in [0.29, 0.717) is 12.6 Å². The van der Waals surface area contributed by atoms with Gasteiger partial charge in [-0.2, -0.15) is 0 Å². The first-order chi connectivity index (χ1) is 14.1. The van der Waals surface area contributed by atoms with Crippen LogP contribution in [0.3, 0.4) is 0 Å². The van der Waals surface area contributed by atoms with Gasteiger partial charge >= 0.3 is 0 Å². The van der Waals surface area contributed by atoms with Crippen molar-refractivity contribution in [3.63, 3.8) is 0 Å².